The molecule has 6 nitrogen and oxygen atoms in total. The van der Waals surface area contributed by atoms with Gasteiger partial charge in [0.2, 0.25) is 5.91 Å². The highest BCUT2D eigenvalue weighted by Crippen LogP contribution is 2.52. The van der Waals surface area contributed by atoms with Crippen LogP contribution in [0.25, 0.3) is 0 Å². The van der Waals surface area contributed by atoms with Crippen LogP contribution in [0.5, 0.6) is 0 Å². The lowest BCUT2D eigenvalue weighted by atomic mass is 10.0. The lowest BCUT2D eigenvalue weighted by Crippen LogP contribution is -2.53. The SMILES string of the molecule is CC(C)C(=O)N(Cc1ccc(S(C)(=O)=O)cc1)c1ncc(C(O)(C(F)(F)F)C(F)(F)F)s1. The maximum absolute atomic E-state index is 13.1. The van der Waals surface area contributed by atoms with Crippen LogP contribution >= 0.6 is 11.3 Å². The molecule has 0 bridgehead atoms. The Kier molecular flexibility index (Phi) is 7.03. The average molecular weight is 504 g/mol. The van der Waals surface area contributed by atoms with Crippen LogP contribution in [0.1, 0.15) is 24.3 Å². The Balaban J connectivity index is 2.50. The number of sulfone groups is 1. The summed E-state index contributed by atoms with van der Waals surface area (Å²) in [5, 5.41) is 9.07. The molecule has 0 aliphatic carbocycles. The van der Waals surface area contributed by atoms with Crippen LogP contribution in [0.4, 0.5) is 31.5 Å². The molecule has 1 aromatic heterocycles. The molecule has 32 heavy (non-hydrogen) atoms. The van der Waals surface area contributed by atoms with Crippen molar-refractivity contribution in [2.45, 2.75) is 43.2 Å². The van der Waals surface area contributed by atoms with Crippen molar-refractivity contribution in [3.63, 3.8) is 0 Å². The summed E-state index contributed by atoms with van der Waals surface area (Å²) in [5.41, 5.74) is -4.80. The number of amides is 1. The molecule has 1 aromatic carbocycles. The first kappa shape index (κ1) is 26.1. The predicted molar refractivity (Wildman–Crippen MR) is 104 cm³/mol. The Morgan fingerprint density at radius 1 is 1.09 bits per heavy atom. The summed E-state index contributed by atoms with van der Waals surface area (Å²) < 4.78 is 102. The number of halogens is 6. The van der Waals surface area contributed by atoms with Crippen LogP contribution in [0.3, 0.4) is 0 Å². The van der Waals surface area contributed by atoms with E-state index in [9.17, 15) is 44.7 Å². The maximum Gasteiger partial charge on any atom is 0.431 e. The van der Waals surface area contributed by atoms with E-state index in [0.29, 0.717) is 5.56 Å². The van der Waals surface area contributed by atoms with Crippen molar-refractivity contribution in [3.8, 4) is 0 Å². The van der Waals surface area contributed by atoms with Crippen molar-refractivity contribution in [2.75, 3.05) is 11.2 Å². The molecule has 14 heteroatoms. The monoisotopic (exact) mass is 504 g/mol. The van der Waals surface area contributed by atoms with Gasteiger partial charge in [-0.2, -0.15) is 26.3 Å². The number of anilines is 1. The quantitative estimate of drug-likeness (QED) is 0.600. The van der Waals surface area contributed by atoms with Crippen LogP contribution in [-0.4, -0.2) is 43.0 Å². The smallest absolute Gasteiger partial charge is 0.369 e. The van der Waals surface area contributed by atoms with Crippen LogP contribution in [0.15, 0.2) is 35.4 Å². The van der Waals surface area contributed by atoms with E-state index < -0.39 is 49.6 Å². The summed E-state index contributed by atoms with van der Waals surface area (Å²) in [4.78, 5) is 15.5. The van der Waals surface area contributed by atoms with Crippen LogP contribution in [-0.2, 0) is 26.8 Å². The fourth-order valence-corrected chi connectivity index (χ4v) is 4.26. The zero-order valence-electron chi connectivity index (χ0n) is 16.8. The van der Waals surface area contributed by atoms with Crippen LogP contribution in [0.2, 0.25) is 0 Å². The average Bonchev–Trinajstić information content (AvgIpc) is 3.12. The van der Waals surface area contributed by atoms with Crippen molar-refractivity contribution < 1.29 is 44.7 Å². The molecule has 0 unspecified atom stereocenters. The third kappa shape index (κ3) is 5.07. The highest BCUT2D eigenvalue weighted by molar-refractivity contribution is 7.90. The molecule has 0 aliphatic rings. The zero-order chi connectivity index (χ0) is 24.7. The van der Waals surface area contributed by atoms with Crippen LogP contribution in [0, 0.1) is 5.92 Å². The molecule has 2 rings (SSSR count). The second-order valence-corrected chi connectivity index (χ2v) is 10.2. The largest absolute Gasteiger partial charge is 0.431 e. The number of thiazole rings is 1. The van der Waals surface area contributed by atoms with Gasteiger partial charge in [-0.05, 0) is 17.7 Å². The lowest BCUT2D eigenvalue weighted by molar-refractivity contribution is -0.375. The summed E-state index contributed by atoms with van der Waals surface area (Å²) >= 11 is -0.118. The van der Waals surface area contributed by atoms with E-state index in [4.69, 9.17) is 0 Å². The molecule has 0 saturated heterocycles. The summed E-state index contributed by atoms with van der Waals surface area (Å²) in [7, 11) is -3.50. The lowest BCUT2D eigenvalue weighted by Gasteiger charge is -2.31. The normalized spacial score (nSPS) is 13.5. The first-order valence-electron chi connectivity index (χ1n) is 8.82. The van der Waals surface area contributed by atoms with Gasteiger partial charge in [0.05, 0.1) is 16.3 Å². The number of hydrogen-bond donors (Lipinski definition) is 1. The second-order valence-electron chi connectivity index (χ2n) is 7.21. The van der Waals surface area contributed by atoms with Crippen LogP contribution < -0.4 is 4.90 Å². The van der Waals surface area contributed by atoms with E-state index in [1.54, 1.807) is 0 Å². The van der Waals surface area contributed by atoms with Crippen molar-refractivity contribution in [2.24, 2.45) is 5.92 Å². The summed E-state index contributed by atoms with van der Waals surface area (Å²) in [6.45, 7) is 2.64. The number of nitrogens with zero attached hydrogens (tertiary/aromatic N) is 2. The third-order valence-electron chi connectivity index (χ3n) is 4.35. The first-order valence-corrected chi connectivity index (χ1v) is 11.5. The fourth-order valence-electron chi connectivity index (χ4n) is 2.57. The Morgan fingerprint density at radius 3 is 2.00 bits per heavy atom. The number of carbonyl (C=O) groups is 1. The standard InChI is InChI=1S/C18H18F6N2O4S2/c1-10(2)14(27)26(9-11-4-6-12(7-5-11)32(3,29)30)15-25-8-13(31-15)16(28,17(19,20)21)18(22,23)24/h4-8,10,28H,9H2,1-3H3. The number of rotatable bonds is 6. The summed E-state index contributed by atoms with van der Waals surface area (Å²) in [5.74, 6) is -1.34. The minimum absolute atomic E-state index is 0.0139. The summed E-state index contributed by atoms with van der Waals surface area (Å²) in [6, 6.07) is 5.21. The zero-order valence-corrected chi connectivity index (χ0v) is 18.5. The van der Waals surface area contributed by atoms with Crippen molar-refractivity contribution >= 4 is 32.2 Å². The van der Waals surface area contributed by atoms with E-state index in [2.05, 4.69) is 4.98 Å². The van der Waals surface area contributed by atoms with Gasteiger partial charge in [-0.3, -0.25) is 9.69 Å². The Morgan fingerprint density at radius 2 is 1.59 bits per heavy atom. The van der Waals surface area contributed by atoms with Gasteiger partial charge in [-0.1, -0.05) is 37.3 Å². The van der Waals surface area contributed by atoms with E-state index in [0.717, 1.165) is 11.2 Å². The van der Waals surface area contributed by atoms with E-state index in [1.165, 1.54) is 38.1 Å². The highest BCUT2D eigenvalue weighted by Gasteiger charge is 2.72. The number of aromatic nitrogens is 1. The number of carbonyl (C=O) groups excluding carboxylic acids is 1. The molecule has 0 spiro atoms. The van der Waals surface area contributed by atoms with Gasteiger partial charge in [-0.25, -0.2) is 13.4 Å². The molecule has 1 heterocycles. The van der Waals surface area contributed by atoms with Gasteiger partial charge in [0, 0.05) is 18.4 Å². The van der Waals surface area contributed by atoms with Gasteiger partial charge in [0.15, 0.2) is 15.0 Å². The number of benzene rings is 1. The minimum atomic E-state index is -6.08. The summed E-state index contributed by atoms with van der Waals surface area (Å²) in [6.07, 6.45) is -10.9. The number of aliphatic hydroxyl groups is 1. The molecule has 2 aromatic rings. The first-order chi connectivity index (χ1) is 14.4. The van der Waals surface area contributed by atoms with Gasteiger partial charge in [0.1, 0.15) is 0 Å². The van der Waals surface area contributed by atoms with E-state index >= 15 is 0 Å². The van der Waals surface area contributed by atoms with Gasteiger partial charge in [-0.15, -0.1) is 0 Å². The van der Waals surface area contributed by atoms with E-state index in [1.807, 2.05) is 0 Å². The molecular formula is C18H18F6N2O4S2. The molecule has 178 valence electrons. The molecule has 1 N–H and O–H groups in total. The highest BCUT2D eigenvalue weighted by atomic mass is 32.2. The number of alkyl halides is 6. The topological polar surface area (TPSA) is 87.6 Å². The van der Waals surface area contributed by atoms with Gasteiger partial charge >= 0.3 is 12.4 Å². The Bertz CT molecular complexity index is 1060. The molecular weight excluding hydrogens is 486 g/mol. The van der Waals surface area contributed by atoms with Gasteiger partial charge < -0.3 is 5.11 Å². The van der Waals surface area contributed by atoms with Crippen molar-refractivity contribution in [1.82, 2.24) is 4.98 Å². The molecule has 1 amide bonds. The maximum atomic E-state index is 13.1. The molecule has 0 aliphatic heterocycles. The van der Waals surface area contributed by atoms with E-state index in [-0.39, 0.29) is 29.0 Å². The molecule has 0 radical (unpaired) electrons. The Labute approximate surface area is 183 Å². The Hall–Kier alpha value is -2.19. The second kappa shape index (κ2) is 8.63. The molecule has 0 atom stereocenters. The predicted octanol–water partition coefficient (Wildman–Crippen LogP) is 4.05. The third-order valence-corrected chi connectivity index (χ3v) is 6.61. The fraction of sp³-hybridized carbons (Fsp3) is 0.444. The molecule has 0 fully saturated rings. The van der Waals surface area contributed by atoms with Crippen molar-refractivity contribution in [3.05, 3.63) is 40.9 Å². The minimum Gasteiger partial charge on any atom is -0.369 e. The van der Waals surface area contributed by atoms with Gasteiger partial charge in [0.25, 0.3) is 5.60 Å². The molecule has 0 saturated carbocycles. The number of hydrogen-bond acceptors (Lipinski definition) is 6. The van der Waals surface area contributed by atoms with Crippen molar-refractivity contribution in [1.29, 1.82) is 0 Å².